The summed E-state index contributed by atoms with van der Waals surface area (Å²) in [6, 6.07) is 5.01. The molecule has 1 amide bonds. The lowest BCUT2D eigenvalue weighted by atomic mass is 9.79. The Balaban J connectivity index is 2.27. The first-order valence-electron chi connectivity index (χ1n) is 6.92. The number of nitrogens with two attached hydrogens (primary N) is 1. The van der Waals surface area contributed by atoms with E-state index < -0.39 is 11.4 Å². The number of ether oxygens (including phenoxy) is 1. The van der Waals surface area contributed by atoms with Crippen LogP contribution in [0.5, 0.6) is 0 Å². The molecule has 6 nitrogen and oxygen atoms in total. The van der Waals surface area contributed by atoms with Gasteiger partial charge in [0.1, 0.15) is 0 Å². The van der Waals surface area contributed by atoms with E-state index in [-0.39, 0.29) is 18.0 Å². The molecule has 21 heavy (non-hydrogen) atoms. The van der Waals surface area contributed by atoms with Gasteiger partial charge in [-0.1, -0.05) is 12.1 Å². The third kappa shape index (κ3) is 3.06. The zero-order valence-electron chi connectivity index (χ0n) is 12.0. The summed E-state index contributed by atoms with van der Waals surface area (Å²) in [5.74, 6) is -1.29. The number of nitrogens with one attached hydrogen (secondary N) is 1. The molecular weight excluding hydrogens is 272 g/mol. The summed E-state index contributed by atoms with van der Waals surface area (Å²) in [4.78, 5) is 23.9. The SMILES string of the molecule is Cc1cccc(NC(=O)C2(CN)CCOCC2)c1C(=O)O. The van der Waals surface area contributed by atoms with Gasteiger partial charge in [-0.3, -0.25) is 4.79 Å². The van der Waals surface area contributed by atoms with Crippen LogP contribution >= 0.6 is 0 Å². The Bertz CT molecular complexity index is 551. The molecule has 0 atom stereocenters. The summed E-state index contributed by atoms with van der Waals surface area (Å²) in [5, 5.41) is 12.0. The first-order valence-corrected chi connectivity index (χ1v) is 6.92. The van der Waals surface area contributed by atoms with Crippen LogP contribution in [0.3, 0.4) is 0 Å². The molecule has 0 aliphatic carbocycles. The lowest BCUT2D eigenvalue weighted by molar-refractivity contribution is -0.130. The third-order valence-electron chi connectivity index (χ3n) is 4.06. The number of aromatic carboxylic acids is 1. The van der Waals surface area contributed by atoms with Crippen molar-refractivity contribution in [1.82, 2.24) is 0 Å². The van der Waals surface area contributed by atoms with Crippen molar-refractivity contribution in [2.24, 2.45) is 11.1 Å². The van der Waals surface area contributed by atoms with Gasteiger partial charge in [0.15, 0.2) is 0 Å². The van der Waals surface area contributed by atoms with Gasteiger partial charge < -0.3 is 20.9 Å². The number of hydrogen-bond donors (Lipinski definition) is 3. The number of amides is 1. The second kappa shape index (κ2) is 6.24. The summed E-state index contributed by atoms with van der Waals surface area (Å²) >= 11 is 0. The maximum atomic E-state index is 12.6. The van der Waals surface area contributed by atoms with Crippen LogP contribution in [0, 0.1) is 12.3 Å². The van der Waals surface area contributed by atoms with Crippen LogP contribution in [0.4, 0.5) is 5.69 Å². The minimum atomic E-state index is -1.06. The van der Waals surface area contributed by atoms with Crippen molar-refractivity contribution < 1.29 is 19.4 Å². The minimum absolute atomic E-state index is 0.116. The van der Waals surface area contributed by atoms with Crippen LogP contribution in [-0.4, -0.2) is 36.7 Å². The maximum absolute atomic E-state index is 12.6. The van der Waals surface area contributed by atoms with Gasteiger partial charge in [0, 0.05) is 19.8 Å². The summed E-state index contributed by atoms with van der Waals surface area (Å²) in [5.41, 5.74) is 6.14. The summed E-state index contributed by atoms with van der Waals surface area (Å²) in [6.45, 7) is 2.90. The fourth-order valence-corrected chi connectivity index (χ4v) is 2.60. The van der Waals surface area contributed by atoms with Crippen molar-refractivity contribution in [2.45, 2.75) is 19.8 Å². The van der Waals surface area contributed by atoms with Gasteiger partial charge >= 0.3 is 5.97 Å². The maximum Gasteiger partial charge on any atom is 0.338 e. The van der Waals surface area contributed by atoms with Crippen LogP contribution in [0.15, 0.2) is 18.2 Å². The van der Waals surface area contributed by atoms with E-state index in [0.29, 0.717) is 37.3 Å². The smallest absolute Gasteiger partial charge is 0.338 e. The number of carbonyl (C=O) groups excluding carboxylic acids is 1. The van der Waals surface area contributed by atoms with Gasteiger partial charge in [0.2, 0.25) is 5.91 Å². The molecule has 1 aliphatic rings. The third-order valence-corrected chi connectivity index (χ3v) is 4.06. The zero-order chi connectivity index (χ0) is 15.5. The first-order chi connectivity index (χ1) is 10.00. The Kier molecular flexibility index (Phi) is 4.59. The Morgan fingerprint density at radius 3 is 2.62 bits per heavy atom. The van der Waals surface area contributed by atoms with Gasteiger partial charge in [-0.25, -0.2) is 4.79 Å². The van der Waals surface area contributed by atoms with E-state index in [1.54, 1.807) is 25.1 Å². The van der Waals surface area contributed by atoms with E-state index in [9.17, 15) is 14.7 Å². The molecule has 0 aromatic heterocycles. The topological polar surface area (TPSA) is 102 Å². The molecule has 2 rings (SSSR count). The fourth-order valence-electron chi connectivity index (χ4n) is 2.60. The van der Waals surface area contributed by atoms with Gasteiger partial charge in [-0.15, -0.1) is 0 Å². The molecule has 0 bridgehead atoms. The predicted octanol–water partition coefficient (Wildman–Crippen LogP) is 1.39. The standard InChI is InChI=1S/C15H20N2O4/c1-10-3-2-4-11(12(10)13(18)19)17-14(20)15(9-16)5-7-21-8-6-15/h2-4H,5-9,16H2,1H3,(H,17,20)(H,18,19). The number of rotatable bonds is 4. The highest BCUT2D eigenvalue weighted by Crippen LogP contribution is 2.31. The monoisotopic (exact) mass is 292 g/mol. The number of carbonyl (C=O) groups is 2. The molecule has 4 N–H and O–H groups in total. The largest absolute Gasteiger partial charge is 0.478 e. The van der Waals surface area contributed by atoms with Crippen molar-refractivity contribution >= 4 is 17.6 Å². The Morgan fingerprint density at radius 2 is 2.05 bits per heavy atom. The van der Waals surface area contributed by atoms with Crippen molar-refractivity contribution in [3.63, 3.8) is 0 Å². The Hall–Kier alpha value is -1.92. The van der Waals surface area contributed by atoms with E-state index in [0.717, 1.165) is 0 Å². The summed E-state index contributed by atoms with van der Waals surface area (Å²) in [7, 11) is 0. The van der Waals surface area contributed by atoms with Crippen LogP contribution < -0.4 is 11.1 Å². The lowest BCUT2D eigenvalue weighted by Gasteiger charge is -2.34. The second-order valence-electron chi connectivity index (χ2n) is 5.35. The van der Waals surface area contributed by atoms with Crippen molar-refractivity contribution in [2.75, 3.05) is 25.1 Å². The molecule has 1 aromatic carbocycles. The molecule has 0 radical (unpaired) electrons. The number of carboxylic acids is 1. The highest BCUT2D eigenvalue weighted by Gasteiger charge is 2.39. The highest BCUT2D eigenvalue weighted by atomic mass is 16.5. The van der Waals surface area contributed by atoms with Crippen LogP contribution in [-0.2, 0) is 9.53 Å². The fraction of sp³-hybridized carbons (Fsp3) is 0.467. The number of carboxylic acid groups (broad SMARTS) is 1. The quantitative estimate of drug-likeness (QED) is 0.778. The Labute approximate surface area is 123 Å². The Morgan fingerprint density at radius 1 is 1.38 bits per heavy atom. The number of benzene rings is 1. The van der Waals surface area contributed by atoms with Crippen LogP contribution in [0.2, 0.25) is 0 Å². The summed E-state index contributed by atoms with van der Waals surface area (Å²) in [6.07, 6.45) is 1.09. The van der Waals surface area contributed by atoms with Gasteiger partial charge in [0.05, 0.1) is 16.7 Å². The molecule has 1 fully saturated rings. The number of hydrogen-bond acceptors (Lipinski definition) is 4. The van der Waals surface area contributed by atoms with Gasteiger partial charge in [-0.05, 0) is 31.4 Å². The average Bonchev–Trinajstić information content (AvgIpc) is 2.47. The summed E-state index contributed by atoms with van der Waals surface area (Å²) < 4.78 is 5.28. The van der Waals surface area contributed by atoms with Gasteiger partial charge in [0.25, 0.3) is 0 Å². The minimum Gasteiger partial charge on any atom is -0.478 e. The van der Waals surface area contributed by atoms with Crippen molar-refractivity contribution in [1.29, 1.82) is 0 Å². The molecular formula is C15H20N2O4. The number of anilines is 1. The van der Waals surface area contributed by atoms with E-state index in [1.807, 2.05) is 0 Å². The van der Waals surface area contributed by atoms with Gasteiger partial charge in [-0.2, -0.15) is 0 Å². The van der Waals surface area contributed by atoms with Crippen molar-refractivity contribution in [3.05, 3.63) is 29.3 Å². The molecule has 0 spiro atoms. The normalized spacial score (nSPS) is 17.2. The van der Waals surface area contributed by atoms with E-state index in [2.05, 4.69) is 5.32 Å². The molecule has 1 saturated heterocycles. The van der Waals surface area contributed by atoms with E-state index >= 15 is 0 Å². The van der Waals surface area contributed by atoms with Crippen LogP contribution in [0.1, 0.15) is 28.8 Å². The van der Waals surface area contributed by atoms with Crippen LogP contribution in [0.25, 0.3) is 0 Å². The van der Waals surface area contributed by atoms with E-state index in [1.165, 1.54) is 0 Å². The molecule has 1 aromatic rings. The van der Waals surface area contributed by atoms with E-state index in [4.69, 9.17) is 10.5 Å². The molecule has 0 saturated carbocycles. The predicted molar refractivity (Wildman–Crippen MR) is 78.3 cm³/mol. The highest BCUT2D eigenvalue weighted by molar-refractivity contribution is 6.03. The molecule has 1 aliphatic heterocycles. The lowest BCUT2D eigenvalue weighted by Crippen LogP contribution is -2.46. The first kappa shape index (κ1) is 15.5. The molecule has 0 unspecified atom stereocenters. The molecule has 6 heteroatoms. The second-order valence-corrected chi connectivity index (χ2v) is 5.35. The zero-order valence-corrected chi connectivity index (χ0v) is 12.0. The average molecular weight is 292 g/mol. The number of aryl methyl sites for hydroxylation is 1. The molecule has 1 heterocycles. The van der Waals surface area contributed by atoms with Crippen molar-refractivity contribution in [3.8, 4) is 0 Å². The molecule has 114 valence electrons.